The Morgan fingerprint density at radius 1 is 1.27 bits per heavy atom. The highest BCUT2D eigenvalue weighted by molar-refractivity contribution is 7.89. The van der Waals surface area contributed by atoms with Gasteiger partial charge in [-0.15, -0.1) is 0 Å². The molecule has 7 heteroatoms. The first kappa shape index (κ1) is 16.7. The second-order valence-corrected chi connectivity index (χ2v) is 6.79. The summed E-state index contributed by atoms with van der Waals surface area (Å²) in [7, 11) is -2.13. The number of hydrogen-bond acceptors (Lipinski definition) is 5. The number of hydrogen-bond donors (Lipinski definition) is 1. The summed E-state index contributed by atoms with van der Waals surface area (Å²) in [5.74, 6) is 0.273. The fourth-order valence-electron chi connectivity index (χ4n) is 2.38. The van der Waals surface area contributed by atoms with Gasteiger partial charge in [0.1, 0.15) is 10.6 Å². The molecule has 0 aliphatic rings. The van der Waals surface area contributed by atoms with E-state index in [0.29, 0.717) is 5.69 Å². The van der Waals surface area contributed by atoms with Crippen LogP contribution in [0.5, 0.6) is 0 Å². The fourth-order valence-corrected chi connectivity index (χ4v) is 3.74. The largest absolute Gasteiger partial charge is 0.375 e. The lowest BCUT2D eigenvalue weighted by Crippen LogP contribution is -2.30. The number of nitrogens with one attached hydrogen (secondary N) is 1. The minimum absolute atomic E-state index is 0.0899. The Kier molecular flexibility index (Phi) is 5.00. The number of aryl methyl sites for hydroxylation is 3. The molecule has 0 spiro atoms. The summed E-state index contributed by atoms with van der Waals surface area (Å²) in [5.41, 5.74) is 2.34. The zero-order chi connectivity index (χ0) is 16.3. The van der Waals surface area contributed by atoms with E-state index in [1.807, 2.05) is 31.2 Å². The molecule has 0 bridgehead atoms. The molecule has 1 N–H and O–H groups in total. The molecule has 0 aliphatic carbocycles. The SMILES string of the molecule is CO[C@@H](CNS(=O)(=O)c1c(C)noc1C)c1ccccc1C. The first-order chi connectivity index (χ1) is 10.4. The van der Waals surface area contributed by atoms with Gasteiger partial charge in [-0.3, -0.25) is 0 Å². The summed E-state index contributed by atoms with van der Waals surface area (Å²) in [6, 6.07) is 7.72. The van der Waals surface area contributed by atoms with Crippen LogP contribution in [-0.2, 0) is 14.8 Å². The van der Waals surface area contributed by atoms with E-state index in [4.69, 9.17) is 9.26 Å². The second-order valence-electron chi connectivity index (χ2n) is 5.09. The fraction of sp³-hybridized carbons (Fsp3) is 0.400. The van der Waals surface area contributed by atoms with Gasteiger partial charge in [0.05, 0.1) is 6.10 Å². The topological polar surface area (TPSA) is 81.4 Å². The van der Waals surface area contributed by atoms with Gasteiger partial charge in [-0.1, -0.05) is 29.4 Å². The molecule has 0 saturated carbocycles. The maximum Gasteiger partial charge on any atom is 0.246 e. The molecule has 2 aromatic rings. The summed E-state index contributed by atoms with van der Waals surface area (Å²) in [4.78, 5) is 0.0899. The Morgan fingerprint density at radius 2 is 1.95 bits per heavy atom. The van der Waals surface area contributed by atoms with Gasteiger partial charge < -0.3 is 9.26 Å². The highest BCUT2D eigenvalue weighted by Crippen LogP contribution is 2.22. The number of ether oxygens (including phenoxy) is 1. The third-order valence-electron chi connectivity index (χ3n) is 3.52. The number of benzene rings is 1. The van der Waals surface area contributed by atoms with E-state index in [1.54, 1.807) is 21.0 Å². The van der Waals surface area contributed by atoms with Crippen LogP contribution in [0.4, 0.5) is 0 Å². The van der Waals surface area contributed by atoms with E-state index in [9.17, 15) is 8.42 Å². The molecule has 0 unspecified atom stereocenters. The van der Waals surface area contributed by atoms with Gasteiger partial charge in [-0.25, -0.2) is 13.1 Å². The van der Waals surface area contributed by atoms with Gasteiger partial charge in [0, 0.05) is 13.7 Å². The zero-order valence-electron chi connectivity index (χ0n) is 13.1. The molecule has 1 aromatic heterocycles. The molecule has 0 fully saturated rings. The van der Waals surface area contributed by atoms with Crippen molar-refractivity contribution in [3.05, 3.63) is 46.8 Å². The van der Waals surface area contributed by atoms with E-state index in [2.05, 4.69) is 9.88 Å². The Balaban J connectivity index is 2.19. The lowest BCUT2D eigenvalue weighted by atomic mass is 10.0. The van der Waals surface area contributed by atoms with Crippen molar-refractivity contribution in [3.8, 4) is 0 Å². The van der Waals surface area contributed by atoms with Crippen molar-refractivity contribution >= 4 is 10.0 Å². The molecule has 0 saturated heterocycles. The van der Waals surface area contributed by atoms with Crippen LogP contribution in [0.3, 0.4) is 0 Å². The second kappa shape index (κ2) is 6.60. The summed E-state index contributed by atoms with van der Waals surface area (Å²) in [6.45, 7) is 5.27. The Labute approximate surface area is 130 Å². The lowest BCUT2D eigenvalue weighted by molar-refractivity contribution is 0.107. The molecular weight excluding hydrogens is 304 g/mol. The Hall–Kier alpha value is -1.70. The minimum atomic E-state index is -3.69. The third-order valence-corrected chi connectivity index (χ3v) is 5.18. The zero-order valence-corrected chi connectivity index (χ0v) is 13.9. The molecular formula is C15H20N2O4S. The average Bonchev–Trinajstić information content (AvgIpc) is 2.81. The predicted octanol–water partition coefficient (Wildman–Crippen LogP) is 2.27. The first-order valence-electron chi connectivity index (χ1n) is 6.87. The quantitative estimate of drug-likeness (QED) is 0.881. The molecule has 0 aliphatic heterocycles. The molecule has 0 radical (unpaired) electrons. The predicted molar refractivity (Wildman–Crippen MR) is 82.1 cm³/mol. The van der Waals surface area contributed by atoms with Crippen LogP contribution >= 0.6 is 0 Å². The number of aromatic nitrogens is 1. The van der Waals surface area contributed by atoms with E-state index in [-0.39, 0.29) is 23.3 Å². The van der Waals surface area contributed by atoms with Gasteiger partial charge in [0.15, 0.2) is 5.76 Å². The van der Waals surface area contributed by atoms with Gasteiger partial charge in [-0.05, 0) is 31.9 Å². The Morgan fingerprint density at radius 3 is 2.50 bits per heavy atom. The van der Waals surface area contributed by atoms with Crippen LogP contribution < -0.4 is 4.72 Å². The summed E-state index contributed by atoms with van der Waals surface area (Å²) in [5, 5.41) is 3.68. The van der Waals surface area contributed by atoms with Crippen molar-refractivity contribution in [2.24, 2.45) is 0 Å². The molecule has 2 rings (SSSR count). The maximum absolute atomic E-state index is 12.4. The van der Waals surface area contributed by atoms with E-state index in [0.717, 1.165) is 11.1 Å². The van der Waals surface area contributed by atoms with Crippen molar-refractivity contribution in [3.63, 3.8) is 0 Å². The van der Waals surface area contributed by atoms with Crippen molar-refractivity contribution in [1.29, 1.82) is 0 Å². The highest BCUT2D eigenvalue weighted by atomic mass is 32.2. The van der Waals surface area contributed by atoms with Crippen LogP contribution in [0.2, 0.25) is 0 Å². The summed E-state index contributed by atoms with van der Waals surface area (Å²) in [6.07, 6.45) is -0.364. The molecule has 22 heavy (non-hydrogen) atoms. The van der Waals surface area contributed by atoms with E-state index in [1.165, 1.54) is 0 Å². The summed E-state index contributed by atoms with van der Waals surface area (Å²) >= 11 is 0. The van der Waals surface area contributed by atoms with Crippen LogP contribution in [-0.4, -0.2) is 27.2 Å². The monoisotopic (exact) mass is 324 g/mol. The number of nitrogens with zero attached hydrogens (tertiary/aromatic N) is 1. The molecule has 1 heterocycles. The molecule has 6 nitrogen and oxygen atoms in total. The normalized spacial score (nSPS) is 13.3. The maximum atomic E-state index is 12.4. The number of sulfonamides is 1. The van der Waals surface area contributed by atoms with E-state index < -0.39 is 10.0 Å². The summed E-state index contributed by atoms with van der Waals surface area (Å²) < 4.78 is 37.7. The standard InChI is InChI=1S/C15H20N2O4S/c1-10-7-5-6-8-13(10)14(20-4)9-16-22(18,19)15-11(2)17-21-12(15)3/h5-8,14,16H,9H2,1-4H3/t14-/m0/s1. The molecule has 120 valence electrons. The smallest absolute Gasteiger partial charge is 0.246 e. The molecule has 0 amide bonds. The van der Waals surface area contributed by atoms with Crippen molar-refractivity contribution < 1.29 is 17.7 Å². The van der Waals surface area contributed by atoms with Crippen molar-refractivity contribution in [2.45, 2.75) is 31.8 Å². The van der Waals surface area contributed by atoms with Crippen LogP contribution in [0.1, 0.15) is 28.7 Å². The van der Waals surface area contributed by atoms with Gasteiger partial charge in [0.25, 0.3) is 0 Å². The van der Waals surface area contributed by atoms with Gasteiger partial charge in [0.2, 0.25) is 10.0 Å². The van der Waals surface area contributed by atoms with Crippen molar-refractivity contribution in [1.82, 2.24) is 9.88 Å². The van der Waals surface area contributed by atoms with Gasteiger partial charge >= 0.3 is 0 Å². The Bertz CT molecular complexity index is 733. The lowest BCUT2D eigenvalue weighted by Gasteiger charge is -2.18. The minimum Gasteiger partial charge on any atom is -0.375 e. The first-order valence-corrected chi connectivity index (χ1v) is 8.36. The number of methoxy groups -OCH3 is 1. The van der Waals surface area contributed by atoms with Crippen LogP contribution in [0.15, 0.2) is 33.7 Å². The van der Waals surface area contributed by atoms with Crippen LogP contribution in [0.25, 0.3) is 0 Å². The average molecular weight is 324 g/mol. The molecule has 1 atom stereocenters. The van der Waals surface area contributed by atoms with Gasteiger partial charge in [-0.2, -0.15) is 0 Å². The van der Waals surface area contributed by atoms with E-state index >= 15 is 0 Å². The third kappa shape index (κ3) is 3.37. The van der Waals surface area contributed by atoms with Crippen molar-refractivity contribution in [2.75, 3.05) is 13.7 Å². The number of rotatable bonds is 6. The van der Waals surface area contributed by atoms with Crippen LogP contribution in [0, 0.1) is 20.8 Å². The highest BCUT2D eigenvalue weighted by Gasteiger charge is 2.25. The molecule has 1 aromatic carbocycles.